The Bertz CT molecular complexity index is 346. The second kappa shape index (κ2) is 3.69. The van der Waals surface area contributed by atoms with Gasteiger partial charge in [-0.2, -0.15) is 5.26 Å². The summed E-state index contributed by atoms with van der Waals surface area (Å²) in [6.45, 7) is 0. The van der Waals surface area contributed by atoms with Gasteiger partial charge in [0.15, 0.2) is 0 Å². The van der Waals surface area contributed by atoms with Crippen molar-refractivity contribution in [3.05, 3.63) is 28.0 Å². The third-order valence-electron chi connectivity index (χ3n) is 1.22. The van der Waals surface area contributed by atoms with E-state index >= 15 is 0 Å². The molecule has 2 N–H and O–H groups in total. The molecule has 12 heavy (non-hydrogen) atoms. The minimum atomic E-state index is -0.689. The molecular weight excluding hydrogens is 172 g/mol. The molecule has 0 aromatic carbocycles. The number of hydrogen-bond acceptors (Lipinski definition) is 3. The minimum absolute atomic E-state index is 0.0162. The topological polar surface area (TPSA) is 66.9 Å². The summed E-state index contributed by atoms with van der Waals surface area (Å²) in [7, 11) is 0. The van der Waals surface area contributed by atoms with Crippen LogP contribution in [0.4, 0.5) is 0 Å². The lowest BCUT2D eigenvalue weighted by Gasteiger charge is -1.87. The first-order valence-electron chi connectivity index (χ1n) is 3.19. The second-order valence-corrected chi connectivity index (χ2v) is 3.03. The molecule has 0 unspecified atom stereocenters. The molecule has 0 saturated carbocycles. The zero-order valence-corrected chi connectivity index (χ0v) is 6.97. The molecule has 3 nitrogen and oxygen atoms in total. The molecule has 1 rings (SSSR count). The van der Waals surface area contributed by atoms with Crippen molar-refractivity contribution < 1.29 is 4.79 Å². The predicted octanol–water partition coefficient (Wildman–Crippen LogP) is 1.14. The van der Waals surface area contributed by atoms with Gasteiger partial charge >= 0.3 is 0 Å². The van der Waals surface area contributed by atoms with Gasteiger partial charge in [0.1, 0.15) is 11.6 Å². The van der Waals surface area contributed by atoms with E-state index in [2.05, 4.69) is 0 Å². The highest BCUT2D eigenvalue weighted by molar-refractivity contribution is 7.10. The Labute approximate surface area is 73.7 Å². The molecule has 0 radical (unpaired) electrons. The van der Waals surface area contributed by atoms with Gasteiger partial charge in [0.25, 0.3) is 5.91 Å². The first-order chi connectivity index (χ1) is 5.74. The molecule has 1 heterocycles. The van der Waals surface area contributed by atoms with Gasteiger partial charge in [0.05, 0.1) is 0 Å². The normalized spacial score (nSPS) is 10.8. The molecule has 0 bridgehead atoms. The van der Waals surface area contributed by atoms with Crippen LogP contribution < -0.4 is 5.73 Å². The zero-order valence-electron chi connectivity index (χ0n) is 6.15. The number of nitrogens with zero attached hydrogens (tertiary/aromatic N) is 1. The monoisotopic (exact) mass is 178 g/mol. The molecule has 1 amide bonds. The fourth-order valence-electron chi connectivity index (χ4n) is 0.674. The number of carbonyl (C=O) groups excluding carboxylic acids is 1. The number of nitrogens with two attached hydrogens (primary N) is 1. The largest absolute Gasteiger partial charge is 0.365 e. The Hall–Kier alpha value is -1.60. The van der Waals surface area contributed by atoms with Gasteiger partial charge in [0, 0.05) is 4.88 Å². The van der Waals surface area contributed by atoms with Crippen molar-refractivity contribution in [2.45, 2.75) is 0 Å². The molecule has 60 valence electrons. The first kappa shape index (κ1) is 8.50. The molecule has 0 saturated heterocycles. The second-order valence-electron chi connectivity index (χ2n) is 2.05. The molecular formula is C8H6N2OS. The van der Waals surface area contributed by atoms with E-state index in [0.717, 1.165) is 4.88 Å². The fourth-order valence-corrected chi connectivity index (χ4v) is 1.33. The average Bonchev–Trinajstić information content (AvgIpc) is 2.51. The average molecular weight is 178 g/mol. The van der Waals surface area contributed by atoms with Crippen molar-refractivity contribution in [3.63, 3.8) is 0 Å². The molecule has 0 atom stereocenters. The van der Waals surface area contributed by atoms with Gasteiger partial charge in [0.2, 0.25) is 0 Å². The van der Waals surface area contributed by atoms with Gasteiger partial charge in [-0.05, 0) is 17.5 Å². The molecule has 0 aliphatic carbocycles. The Morgan fingerprint density at radius 3 is 2.92 bits per heavy atom. The number of hydrogen-bond donors (Lipinski definition) is 1. The quantitative estimate of drug-likeness (QED) is 0.545. The highest BCUT2D eigenvalue weighted by atomic mass is 32.1. The van der Waals surface area contributed by atoms with Crippen molar-refractivity contribution in [1.29, 1.82) is 5.26 Å². The van der Waals surface area contributed by atoms with Gasteiger partial charge in [-0.1, -0.05) is 6.07 Å². The third kappa shape index (κ3) is 1.94. The van der Waals surface area contributed by atoms with Crippen LogP contribution in [0.1, 0.15) is 4.88 Å². The zero-order chi connectivity index (χ0) is 8.97. The summed E-state index contributed by atoms with van der Waals surface area (Å²) in [5, 5.41) is 10.3. The number of rotatable bonds is 2. The van der Waals surface area contributed by atoms with Gasteiger partial charge in [-0.25, -0.2) is 0 Å². The molecule has 4 heteroatoms. The van der Waals surface area contributed by atoms with Crippen LogP contribution in [0.2, 0.25) is 0 Å². The number of thiophene rings is 1. The van der Waals surface area contributed by atoms with Crippen molar-refractivity contribution >= 4 is 23.3 Å². The maximum Gasteiger partial charge on any atom is 0.259 e. The number of primary amides is 1. The highest BCUT2D eigenvalue weighted by Crippen LogP contribution is 2.12. The van der Waals surface area contributed by atoms with Crippen LogP contribution in [0.15, 0.2) is 23.1 Å². The number of amides is 1. The summed E-state index contributed by atoms with van der Waals surface area (Å²) >= 11 is 1.45. The minimum Gasteiger partial charge on any atom is -0.365 e. The Morgan fingerprint density at radius 2 is 2.50 bits per heavy atom. The summed E-state index contributed by atoms with van der Waals surface area (Å²) in [5.74, 6) is -0.689. The van der Waals surface area contributed by atoms with Crippen molar-refractivity contribution in [3.8, 4) is 6.07 Å². The summed E-state index contributed by atoms with van der Waals surface area (Å²) in [4.78, 5) is 11.4. The SMILES string of the molecule is N#C/C(=C\c1cccs1)C(N)=O. The van der Waals surface area contributed by atoms with Crippen LogP contribution in [-0.2, 0) is 4.79 Å². The van der Waals surface area contributed by atoms with E-state index in [1.165, 1.54) is 17.4 Å². The standard InChI is InChI=1S/C8H6N2OS/c9-5-6(8(10)11)4-7-2-1-3-12-7/h1-4H,(H2,10,11)/b6-4+. The lowest BCUT2D eigenvalue weighted by Crippen LogP contribution is -2.12. The maximum atomic E-state index is 10.6. The fraction of sp³-hybridized carbons (Fsp3) is 0. The lowest BCUT2D eigenvalue weighted by molar-refractivity contribution is -0.114. The van der Waals surface area contributed by atoms with E-state index in [1.54, 1.807) is 6.07 Å². The van der Waals surface area contributed by atoms with E-state index < -0.39 is 5.91 Å². The van der Waals surface area contributed by atoms with Crippen LogP contribution in [-0.4, -0.2) is 5.91 Å². The van der Waals surface area contributed by atoms with E-state index in [1.807, 2.05) is 17.5 Å². The van der Waals surface area contributed by atoms with Crippen LogP contribution in [0.25, 0.3) is 6.08 Å². The summed E-state index contributed by atoms with van der Waals surface area (Å²) < 4.78 is 0. The summed E-state index contributed by atoms with van der Waals surface area (Å²) in [6, 6.07) is 5.38. The van der Waals surface area contributed by atoms with E-state index in [4.69, 9.17) is 11.0 Å². The van der Waals surface area contributed by atoms with Crippen LogP contribution in [0.5, 0.6) is 0 Å². The van der Waals surface area contributed by atoms with E-state index in [-0.39, 0.29) is 5.57 Å². The van der Waals surface area contributed by atoms with Gasteiger partial charge < -0.3 is 5.73 Å². The predicted molar refractivity (Wildman–Crippen MR) is 47.1 cm³/mol. The third-order valence-corrected chi connectivity index (χ3v) is 2.04. The highest BCUT2D eigenvalue weighted by Gasteiger charge is 2.02. The van der Waals surface area contributed by atoms with E-state index in [0.29, 0.717) is 0 Å². The lowest BCUT2D eigenvalue weighted by atomic mass is 10.2. The van der Waals surface area contributed by atoms with Crippen LogP contribution in [0.3, 0.4) is 0 Å². The van der Waals surface area contributed by atoms with Gasteiger partial charge in [-0.15, -0.1) is 11.3 Å². The summed E-state index contributed by atoms with van der Waals surface area (Å²) in [5.41, 5.74) is 4.92. The van der Waals surface area contributed by atoms with Crippen molar-refractivity contribution in [2.75, 3.05) is 0 Å². The van der Waals surface area contributed by atoms with Gasteiger partial charge in [-0.3, -0.25) is 4.79 Å². The molecule has 0 fully saturated rings. The maximum absolute atomic E-state index is 10.6. The molecule has 1 aromatic rings. The molecule has 0 aliphatic heterocycles. The van der Waals surface area contributed by atoms with Crippen molar-refractivity contribution in [2.24, 2.45) is 5.73 Å². The van der Waals surface area contributed by atoms with Crippen LogP contribution in [0, 0.1) is 11.3 Å². The first-order valence-corrected chi connectivity index (χ1v) is 4.07. The number of nitriles is 1. The Balaban J connectivity index is 2.95. The number of carbonyl (C=O) groups is 1. The smallest absolute Gasteiger partial charge is 0.259 e. The molecule has 0 spiro atoms. The Morgan fingerprint density at radius 1 is 1.75 bits per heavy atom. The Kier molecular flexibility index (Phi) is 2.62. The van der Waals surface area contributed by atoms with E-state index in [9.17, 15) is 4.79 Å². The summed E-state index contributed by atoms with van der Waals surface area (Å²) in [6.07, 6.45) is 1.48. The van der Waals surface area contributed by atoms with Crippen molar-refractivity contribution in [1.82, 2.24) is 0 Å². The van der Waals surface area contributed by atoms with Crippen LogP contribution >= 0.6 is 11.3 Å². The molecule has 1 aromatic heterocycles. The molecule has 0 aliphatic rings.